The molecule has 0 radical (unpaired) electrons. The molecule has 0 bridgehead atoms. The summed E-state index contributed by atoms with van der Waals surface area (Å²) in [6, 6.07) is -0.551. The quantitative estimate of drug-likeness (QED) is 0.263. The summed E-state index contributed by atoms with van der Waals surface area (Å²) in [7, 11) is 3.16. The molecule has 0 aliphatic heterocycles. The van der Waals surface area contributed by atoms with Gasteiger partial charge in [0.05, 0.1) is 13.3 Å². The molecule has 0 aliphatic rings. The highest BCUT2D eigenvalue weighted by Gasteiger charge is 2.24. The molecular weight excluding hydrogens is 248 g/mol. The van der Waals surface area contributed by atoms with Crippen LogP contribution in [0.1, 0.15) is 23.7 Å². The van der Waals surface area contributed by atoms with E-state index >= 15 is 0 Å². The summed E-state index contributed by atoms with van der Waals surface area (Å²) in [6.45, 7) is 2.83. The van der Waals surface area contributed by atoms with Crippen LogP contribution in [-0.4, -0.2) is 35.9 Å². The molecule has 1 aromatic heterocycles. The van der Waals surface area contributed by atoms with Gasteiger partial charge in [0, 0.05) is 29.8 Å². The van der Waals surface area contributed by atoms with Gasteiger partial charge >= 0.3 is 5.97 Å². The summed E-state index contributed by atoms with van der Waals surface area (Å²) in [6.07, 6.45) is 2.30. The first-order chi connectivity index (χ1) is 9.11. The third-order valence-corrected chi connectivity index (χ3v) is 2.87. The summed E-state index contributed by atoms with van der Waals surface area (Å²) in [5, 5.41) is 10.6. The fourth-order valence-corrected chi connectivity index (χ4v) is 1.68. The van der Waals surface area contributed by atoms with Crippen LogP contribution >= 0.6 is 0 Å². The molecule has 0 saturated heterocycles. The zero-order valence-electron chi connectivity index (χ0n) is 11.3. The zero-order valence-corrected chi connectivity index (χ0v) is 11.3. The van der Waals surface area contributed by atoms with Crippen molar-refractivity contribution < 1.29 is 9.53 Å². The maximum atomic E-state index is 11.8. The van der Waals surface area contributed by atoms with Gasteiger partial charge in [-0.05, 0) is 25.4 Å². The minimum absolute atomic E-state index is 0.361. The van der Waals surface area contributed by atoms with Gasteiger partial charge in [-0.1, -0.05) is 5.11 Å². The van der Waals surface area contributed by atoms with Crippen LogP contribution in [0.25, 0.3) is 10.4 Å². The number of nitrogens with one attached hydrogen (secondary N) is 1. The van der Waals surface area contributed by atoms with E-state index in [2.05, 4.69) is 20.4 Å². The predicted molar refractivity (Wildman–Crippen MR) is 69.3 cm³/mol. The van der Waals surface area contributed by atoms with Gasteiger partial charge in [0.15, 0.2) is 0 Å². The second-order valence-corrected chi connectivity index (χ2v) is 4.03. The van der Waals surface area contributed by atoms with Crippen molar-refractivity contribution in [2.24, 2.45) is 12.2 Å². The lowest BCUT2D eigenvalue weighted by atomic mass is 10.1. The van der Waals surface area contributed by atoms with Gasteiger partial charge in [0.2, 0.25) is 0 Å². The molecule has 104 valence electrons. The van der Waals surface area contributed by atoms with E-state index in [1.165, 1.54) is 7.11 Å². The number of ether oxygens (including phenoxy) is 1. The molecule has 0 spiro atoms. The number of azide groups is 1. The maximum absolute atomic E-state index is 11.8. The lowest BCUT2D eigenvalue weighted by Gasteiger charge is -2.16. The first-order valence-electron chi connectivity index (χ1n) is 5.92. The van der Waals surface area contributed by atoms with Crippen molar-refractivity contribution in [2.75, 3.05) is 20.2 Å². The first-order valence-corrected chi connectivity index (χ1v) is 5.92. The molecule has 0 fully saturated rings. The van der Waals surface area contributed by atoms with Crippen molar-refractivity contribution in [2.45, 2.75) is 19.4 Å². The van der Waals surface area contributed by atoms with Gasteiger partial charge < -0.3 is 10.1 Å². The second kappa shape index (κ2) is 7.40. The molecule has 8 heteroatoms. The monoisotopic (exact) mass is 266 g/mol. The normalized spacial score (nSPS) is 11.7. The Labute approximate surface area is 111 Å². The lowest BCUT2D eigenvalue weighted by Crippen LogP contribution is -2.31. The molecule has 1 aromatic rings. The Bertz CT molecular complexity index is 478. The maximum Gasteiger partial charge on any atom is 0.327 e. The fourth-order valence-electron chi connectivity index (χ4n) is 1.68. The molecule has 1 N–H and O–H groups in total. The van der Waals surface area contributed by atoms with Gasteiger partial charge in [-0.2, -0.15) is 5.10 Å². The predicted octanol–water partition coefficient (Wildman–Crippen LogP) is 1.23. The number of rotatable bonds is 7. The van der Waals surface area contributed by atoms with Crippen LogP contribution in [-0.2, 0) is 16.6 Å². The smallest absolute Gasteiger partial charge is 0.327 e. The van der Waals surface area contributed by atoms with Gasteiger partial charge in [0.1, 0.15) is 6.04 Å². The minimum Gasteiger partial charge on any atom is -0.468 e. The number of methoxy groups -OCH3 is 1. The van der Waals surface area contributed by atoms with Crippen LogP contribution in [0, 0.1) is 6.92 Å². The van der Waals surface area contributed by atoms with Gasteiger partial charge in [0.25, 0.3) is 0 Å². The van der Waals surface area contributed by atoms with Crippen molar-refractivity contribution >= 4 is 5.97 Å². The highest BCUT2D eigenvalue weighted by atomic mass is 16.5. The molecule has 8 nitrogen and oxygen atoms in total. The molecule has 0 saturated carbocycles. The average molecular weight is 266 g/mol. The van der Waals surface area contributed by atoms with Crippen LogP contribution < -0.4 is 5.32 Å². The van der Waals surface area contributed by atoms with Crippen molar-refractivity contribution in [3.63, 3.8) is 0 Å². The summed E-state index contributed by atoms with van der Waals surface area (Å²) in [5.41, 5.74) is 9.86. The van der Waals surface area contributed by atoms with Crippen LogP contribution in [0.15, 0.2) is 11.3 Å². The molecule has 1 unspecified atom stereocenters. The number of hydrogen-bond donors (Lipinski definition) is 1. The molecule has 1 rings (SSSR count). The summed E-state index contributed by atoms with van der Waals surface area (Å²) >= 11 is 0. The standard InChI is InChI=1S/C11H18N6O2/c1-8-9(7-15-17(8)2)10(11(18)19-3)13-5-4-6-14-16-12/h7,10,13H,4-6H2,1-3H3. The largest absolute Gasteiger partial charge is 0.468 e. The van der Waals surface area contributed by atoms with E-state index in [9.17, 15) is 4.79 Å². The van der Waals surface area contributed by atoms with Crippen LogP contribution in [0.2, 0.25) is 0 Å². The minimum atomic E-state index is -0.551. The Morgan fingerprint density at radius 2 is 2.47 bits per heavy atom. The van der Waals surface area contributed by atoms with E-state index in [0.717, 1.165) is 11.3 Å². The number of hydrogen-bond acceptors (Lipinski definition) is 5. The molecule has 19 heavy (non-hydrogen) atoms. The van der Waals surface area contributed by atoms with E-state index < -0.39 is 6.04 Å². The number of aryl methyl sites for hydroxylation is 1. The third-order valence-electron chi connectivity index (χ3n) is 2.87. The Morgan fingerprint density at radius 1 is 1.74 bits per heavy atom. The van der Waals surface area contributed by atoms with Gasteiger partial charge in [-0.25, -0.2) is 4.79 Å². The van der Waals surface area contributed by atoms with Gasteiger partial charge in [-0.3, -0.25) is 4.68 Å². The lowest BCUT2D eigenvalue weighted by molar-refractivity contribution is -0.143. The van der Waals surface area contributed by atoms with Crippen LogP contribution in [0.5, 0.6) is 0 Å². The summed E-state index contributed by atoms with van der Waals surface area (Å²) in [4.78, 5) is 14.5. The third kappa shape index (κ3) is 3.97. The summed E-state index contributed by atoms with van der Waals surface area (Å²) in [5.74, 6) is -0.361. The fraction of sp³-hybridized carbons (Fsp3) is 0.636. The second-order valence-electron chi connectivity index (χ2n) is 4.03. The van der Waals surface area contributed by atoms with Crippen molar-refractivity contribution in [1.82, 2.24) is 15.1 Å². The van der Waals surface area contributed by atoms with Crippen LogP contribution in [0.3, 0.4) is 0 Å². The van der Waals surface area contributed by atoms with Crippen molar-refractivity contribution in [1.29, 1.82) is 0 Å². The van der Waals surface area contributed by atoms with Crippen LogP contribution in [0.4, 0.5) is 0 Å². The first kappa shape index (κ1) is 15.0. The van der Waals surface area contributed by atoms with Gasteiger partial charge in [-0.15, -0.1) is 0 Å². The summed E-state index contributed by atoms with van der Waals surface area (Å²) < 4.78 is 6.49. The van der Waals surface area contributed by atoms with Crippen molar-refractivity contribution in [3.05, 3.63) is 27.9 Å². The number of carbonyl (C=O) groups is 1. The Hall–Kier alpha value is -2.05. The topological polar surface area (TPSA) is 105 Å². The van der Waals surface area contributed by atoms with E-state index in [1.807, 2.05) is 14.0 Å². The van der Waals surface area contributed by atoms with E-state index in [1.54, 1.807) is 10.9 Å². The average Bonchev–Trinajstić information content (AvgIpc) is 2.74. The van der Waals surface area contributed by atoms with Crippen molar-refractivity contribution in [3.8, 4) is 0 Å². The zero-order chi connectivity index (χ0) is 14.3. The number of carbonyl (C=O) groups excluding carboxylic acids is 1. The van der Waals surface area contributed by atoms with E-state index in [-0.39, 0.29) is 5.97 Å². The van der Waals surface area contributed by atoms with E-state index in [4.69, 9.17) is 10.3 Å². The molecule has 1 atom stereocenters. The molecule has 0 amide bonds. The highest BCUT2D eigenvalue weighted by molar-refractivity contribution is 5.77. The number of aromatic nitrogens is 2. The highest BCUT2D eigenvalue weighted by Crippen LogP contribution is 2.18. The number of nitrogens with zero attached hydrogens (tertiary/aromatic N) is 5. The molecule has 0 aromatic carbocycles. The number of esters is 1. The Morgan fingerprint density at radius 3 is 3.00 bits per heavy atom. The molecular formula is C11H18N6O2. The molecule has 1 heterocycles. The SMILES string of the molecule is COC(=O)C(NCCCN=[N+]=[N-])c1cnn(C)c1C. The molecule has 0 aliphatic carbocycles. The Balaban J connectivity index is 2.70. The van der Waals surface area contributed by atoms with E-state index in [0.29, 0.717) is 19.5 Å². The Kier molecular flexibility index (Phi) is 5.84.